The number of hydrogen-bond donors (Lipinski definition) is 2. The predicted octanol–water partition coefficient (Wildman–Crippen LogP) is 2.26. The fourth-order valence-corrected chi connectivity index (χ4v) is 2.21. The van der Waals surface area contributed by atoms with E-state index in [1.54, 1.807) is 0 Å². The number of nitrogens with zero attached hydrogens (tertiary/aromatic N) is 2. The van der Waals surface area contributed by atoms with E-state index in [2.05, 4.69) is 16.9 Å². The molecular weight excluding hydrogens is 262 g/mol. The summed E-state index contributed by atoms with van der Waals surface area (Å²) in [5.74, 6) is 0. The highest BCUT2D eigenvalue weighted by Crippen LogP contribution is 2.18. The summed E-state index contributed by atoms with van der Waals surface area (Å²) in [5.41, 5.74) is 8.58. The Hall–Kier alpha value is -1.91. The Morgan fingerprint density at radius 3 is 2.43 bits per heavy atom. The summed E-state index contributed by atoms with van der Waals surface area (Å²) in [6, 6.07) is 11.5. The molecule has 4 heteroatoms. The van der Waals surface area contributed by atoms with E-state index in [0.29, 0.717) is 0 Å². The molecule has 4 nitrogen and oxygen atoms in total. The van der Waals surface area contributed by atoms with Crippen LogP contribution >= 0.6 is 0 Å². The number of aliphatic hydroxyl groups is 1. The van der Waals surface area contributed by atoms with Gasteiger partial charge in [0.15, 0.2) is 0 Å². The average Bonchev–Trinajstić information content (AvgIpc) is 2.52. The van der Waals surface area contributed by atoms with Gasteiger partial charge in [0.25, 0.3) is 0 Å². The highest BCUT2D eigenvalue weighted by Gasteiger charge is 2.09. The molecule has 3 N–H and O–H groups in total. The van der Waals surface area contributed by atoms with Crippen LogP contribution in [-0.2, 0) is 6.42 Å². The minimum Gasteiger partial charge on any atom is -0.399 e. The molecule has 2 aromatic rings. The van der Waals surface area contributed by atoms with E-state index in [4.69, 9.17) is 5.73 Å². The van der Waals surface area contributed by atoms with Gasteiger partial charge in [-0.25, -0.2) is 0 Å². The van der Waals surface area contributed by atoms with Gasteiger partial charge in [0, 0.05) is 31.2 Å². The molecule has 1 unspecified atom stereocenters. The molecule has 0 aliphatic carbocycles. The number of anilines is 1. The van der Waals surface area contributed by atoms with Crippen LogP contribution < -0.4 is 5.73 Å². The highest BCUT2D eigenvalue weighted by atomic mass is 16.3. The van der Waals surface area contributed by atoms with Gasteiger partial charge < -0.3 is 15.7 Å². The van der Waals surface area contributed by atoms with E-state index < -0.39 is 6.10 Å². The maximum absolute atomic E-state index is 10.2. The first kappa shape index (κ1) is 15.5. The van der Waals surface area contributed by atoms with Gasteiger partial charge in [-0.1, -0.05) is 12.1 Å². The minimum absolute atomic E-state index is 0.436. The smallest absolute Gasteiger partial charge is 0.0802 e. The highest BCUT2D eigenvalue weighted by molar-refractivity contribution is 5.39. The largest absolute Gasteiger partial charge is 0.399 e. The summed E-state index contributed by atoms with van der Waals surface area (Å²) in [6.45, 7) is 1.83. The number of aromatic nitrogens is 1. The zero-order valence-corrected chi connectivity index (χ0v) is 12.4. The lowest BCUT2D eigenvalue weighted by atomic mass is 10.1. The minimum atomic E-state index is -0.436. The number of pyridine rings is 1. The number of rotatable bonds is 7. The Labute approximate surface area is 126 Å². The standard InChI is InChI=1S/C17H23N3O/c1-20(12-8-14-6-10-19-11-7-14)13-9-17(21)15-2-4-16(18)5-3-15/h2-7,10-11,17,21H,8-9,12-13,18H2,1H3. The number of likely N-dealkylation sites (N-methyl/N-ethyl adjacent to an activating group) is 1. The third-order valence-corrected chi connectivity index (χ3v) is 3.64. The van der Waals surface area contributed by atoms with Gasteiger partial charge in [0.2, 0.25) is 0 Å². The van der Waals surface area contributed by atoms with Gasteiger partial charge in [0.05, 0.1) is 6.10 Å². The second-order valence-corrected chi connectivity index (χ2v) is 5.38. The van der Waals surface area contributed by atoms with Crippen molar-refractivity contribution in [3.05, 3.63) is 59.9 Å². The van der Waals surface area contributed by atoms with Crippen molar-refractivity contribution in [1.82, 2.24) is 9.88 Å². The Morgan fingerprint density at radius 2 is 1.76 bits per heavy atom. The van der Waals surface area contributed by atoms with Crippen LogP contribution in [-0.4, -0.2) is 35.1 Å². The molecule has 21 heavy (non-hydrogen) atoms. The van der Waals surface area contributed by atoms with Crippen molar-refractivity contribution >= 4 is 5.69 Å². The van der Waals surface area contributed by atoms with E-state index in [-0.39, 0.29) is 0 Å². The number of hydrogen-bond acceptors (Lipinski definition) is 4. The van der Waals surface area contributed by atoms with Crippen molar-refractivity contribution in [3.63, 3.8) is 0 Å². The van der Waals surface area contributed by atoms with Crippen molar-refractivity contribution in [2.24, 2.45) is 0 Å². The van der Waals surface area contributed by atoms with Gasteiger partial charge in [0.1, 0.15) is 0 Å². The lowest BCUT2D eigenvalue weighted by molar-refractivity contribution is 0.149. The molecule has 0 radical (unpaired) electrons. The zero-order valence-electron chi connectivity index (χ0n) is 12.4. The van der Waals surface area contributed by atoms with Crippen LogP contribution in [0.1, 0.15) is 23.7 Å². The van der Waals surface area contributed by atoms with Gasteiger partial charge >= 0.3 is 0 Å². The summed E-state index contributed by atoms with van der Waals surface area (Å²) >= 11 is 0. The van der Waals surface area contributed by atoms with Crippen LogP contribution in [0.2, 0.25) is 0 Å². The van der Waals surface area contributed by atoms with Crippen molar-refractivity contribution in [1.29, 1.82) is 0 Å². The molecule has 112 valence electrons. The molecule has 0 amide bonds. The summed E-state index contributed by atoms with van der Waals surface area (Å²) < 4.78 is 0. The second kappa shape index (κ2) is 7.76. The van der Waals surface area contributed by atoms with Gasteiger partial charge in [-0.3, -0.25) is 4.98 Å². The van der Waals surface area contributed by atoms with E-state index >= 15 is 0 Å². The van der Waals surface area contributed by atoms with Crippen LogP contribution in [0.5, 0.6) is 0 Å². The fourth-order valence-electron chi connectivity index (χ4n) is 2.21. The summed E-state index contributed by atoms with van der Waals surface area (Å²) in [5, 5.41) is 10.2. The van der Waals surface area contributed by atoms with Crippen molar-refractivity contribution < 1.29 is 5.11 Å². The van der Waals surface area contributed by atoms with E-state index in [0.717, 1.165) is 37.2 Å². The molecule has 0 fully saturated rings. The molecule has 0 saturated heterocycles. The molecular formula is C17H23N3O. The van der Waals surface area contributed by atoms with Gasteiger partial charge in [-0.15, -0.1) is 0 Å². The first-order valence-electron chi connectivity index (χ1n) is 7.26. The quantitative estimate of drug-likeness (QED) is 0.766. The predicted molar refractivity (Wildman–Crippen MR) is 85.9 cm³/mol. The van der Waals surface area contributed by atoms with Crippen molar-refractivity contribution in [2.45, 2.75) is 18.9 Å². The molecule has 0 bridgehead atoms. The van der Waals surface area contributed by atoms with Gasteiger partial charge in [-0.05, 0) is 55.3 Å². The third-order valence-electron chi connectivity index (χ3n) is 3.64. The molecule has 1 aromatic carbocycles. The average molecular weight is 285 g/mol. The Kier molecular flexibility index (Phi) is 5.72. The molecule has 1 aromatic heterocycles. The zero-order chi connectivity index (χ0) is 15.1. The first-order chi connectivity index (χ1) is 10.1. The summed E-state index contributed by atoms with van der Waals surface area (Å²) in [7, 11) is 2.08. The maximum atomic E-state index is 10.2. The van der Waals surface area contributed by atoms with Crippen molar-refractivity contribution in [3.8, 4) is 0 Å². The van der Waals surface area contributed by atoms with Crippen LogP contribution in [0.4, 0.5) is 5.69 Å². The van der Waals surface area contributed by atoms with Crippen LogP contribution in [0.25, 0.3) is 0 Å². The van der Waals surface area contributed by atoms with E-state index in [1.807, 2.05) is 48.8 Å². The number of benzene rings is 1. The normalized spacial score (nSPS) is 12.5. The SMILES string of the molecule is CN(CCc1ccncc1)CCC(O)c1ccc(N)cc1. The Morgan fingerprint density at radius 1 is 1.10 bits per heavy atom. The van der Waals surface area contributed by atoms with E-state index in [9.17, 15) is 5.11 Å². The molecule has 1 atom stereocenters. The van der Waals surface area contributed by atoms with Crippen LogP contribution in [0.15, 0.2) is 48.8 Å². The monoisotopic (exact) mass is 285 g/mol. The molecule has 0 aliphatic rings. The molecule has 0 spiro atoms. The fraction of sp³-hybridized carbons (Fsp3) is 0.353. The van der Waals surface area contributed by atoms with E-state index in [1.165, 1.54) is 5.56 Å². The second-order valence-electron chi connectivity index (χ2n) is 5.38. The maximum Gasteiger partial charge on any atom is 0.0802 e. The number of nitrogens with two attached hydrogens (primary N) is 1. The Bertz CT molecular complexity index is 527. The topological polar surface area (TPSA) is 62.4 Å². The lowest BCUT2D eigenvalue weighted by Gasteiger charge is -2.19. The number of nitrogen functional groups attached to an aromatic ring is 1. The molecule has 0 saturated carbocycles. The number of aliphatic hydroxyl groups excluding tert-OH is 1. The summed E-state index contributed by atoms with van der Waals surface area (Å²) in [6.07, 6.45) is 4.92. The summed E-state index contributed by atoms with van der Waals surface area (Å²) in [4.78, 5) is 6.25. The third kappa shape index (κ3) is 5.17. The van der Waals surface area contributed by atoms with Gasteiger partial charge in [-0.2, -0.15) is 0 Å². The Balaban J connectivity index is 1.73. The first-order valence-corrected chi connectivity index (χ1v) is 7.26. The van der Waals surface area contributed by atoms with Crippen LogP contribution in [0.3, 0.4) is 0 Å². The molecule has 2 rings (SSSR count). The molecule has 0 aliphatic heterocycles. The lowest BCUT2D eigenvalue weighted by Crippen LogP contribution is -2.23. The van der Waals surface area contributed by atoms with Crippen LogP contribution in [0, 0.1) is 0 Å². The van der Waals surface area contributed by atoms with Crippen molar-refractivity contribution in [2.75, 3.05) is 25.9 Å². The molecule has 1 heterocycles.